The zero-order chi connectivity index (χ0) is 13.8. The summed E-state index contributed by atoms with van der Waals surface area (Å²) in [5, 5.41) is 11.8. The van der Waals surface area contributed by atoms with Gasteiger partial charge in [-0.3, -0.25) is 9.59 Å². The van der Waals surface area contributed by atoms with Crippen LogP contribution in [0.2, 0.25) is 0 Å². The van der Waals surface area contributed by atoms with Crippen molar-refractivity contribution in [1.29, 1.82) is 0 Å². The van der Waals surface area contributed by atoms with E-state index in [0.717, 1.165) is 0 Å². The second-order valence-electron chi connectivity index (χ2n) is 4.84. The Morgan fingerprint density at radius 3 is 2.39 bits per heavy atom. The number of carbonyl (C=O) groups excluding carboxylic acids is 1. The van der Waals surface area contributed by atoms with Crippen LogP contribution in [0.4, 0.5) is 0 Å². The molecule has 0 saturated heterocycles. The summed E-state index contributed by atoms with van der Waals surface area (Å²) in [5.41, 5.74) is 5.17. The lowest BCUT2D eigenvalue weighted by molar-refractivity contribution is -0.140. The highest BCUT2D eigenvalue weighted by atomic mass is 16.4. The molecule has 2 atom stereocenters. The third kappa shape index (κ3) is 2.90. The van der Waals surface area contributed by atoms with Crippen molar-refractivity contribution in [2.45, 2.75) is 39.2 Å². The van der Waals surface area contributed by atoms with Crippen LogP contribution in [0.1, 0.15) is 33.1 Å². The van der Waals surface area contributed by atoms with Gasteiger partial charge in [-0.15, -0.1) is 0 Å². The molecule has 102 valence electrons. The van der Waals surface area contributed by atoms with Crippen LogP contribution in [0, 0.1) is 11.3 Å². The summed E-state index contributed by atoms with van der Waals surface area (Å²) >= 11 is 0. The van der Waals surface area contributed by atoms with E-state index in [2.05, 4.69) is 5.32 Å². The molecule has 1 aliphatic carbocycles. The standard InChI is InChI=1S/C13H22N2O3/c1-3-13(4-2,8-14)12(18)15-10-6-5-9(7-10)11(16)17/h5-6,9-10H,3-4,7-8,14H2,1-2H3,(H,15,18)(H,16,17). The maximum atomic E-state index is 12.2. The van der Waals surface area contributed by atoms with E-state index in [1.807, 2.05) is 13.8 Å². The number of amides is 1. The molecule has 0 bridgehead atoms. The molecule has 0 radical (unpaired) electrons. The van der Waals surface area contributed by atoms with Crippen LogP contribution in [0.25, 0.3) is 0 Å². The molecule has 4 N–H and O–H groups in total. The minimum absolute atomic E-state index is 0.0734. The van der Waals surface area contributed by atoms with Gasteiger partial charge in [0.1, 0.15) is 0 Å². The zero-order valence-electron chi connectivity index (χ0n) is 11.0. The number of aliphatic carboxylic acids is 1. The van der Waals surface area contributed by atoms with E-state index in [4.69, 9.17) is 10.8 Å². The molecular weight excluding hydrogens is 232 g/mol. The summed E-state index contributed by atoms with van der Waals surface area (Å²) in [4.78, 5) is 23.0. The second-order valence-corrected chi connectivity index (χ2v) is 4.84. The van der Waals surface area contributed by atoms with Crippen LogP contribution in [0.3, 0.4) is 0 Å². The minimum Gasteiger partial charge on any atom is -0.481 e. The summed E-state index contributed by atoms with van der Waals surface area (Å²) < 4.78 is 0. The number of rotatable bonds is 6. The molecular formula is C13H22N2O3. The predicted octanol–water partition coefficient (Wildman–Crippen LogP) is 0.897. The normalized spacial score (nSPS) is 23.1. The Balaban J connectivity index is 2.61. The van der Waals surface area contributed by atoms with Crippen molar-refractivity contribution in [2.24, 2.45) is 17.1 Å². The van der Waals surface area contributed by atoms with Gasteiger partial charge in [0, 0.05) is 12.6 Å². The molecule has 1 aliphatic rings. The van der Waals surface area contributed by atoms with Crippen molar-refractivity contribution in [3.05, 3.63) is 12.2 Å². The summed E-state index contributed by atoms with van der Waals surface area (Å²) in [7, 11) is 0. The molecule has 1 rings (SSSR count). The molecule has 0 aromatic rings. The third-order valence-electron chi connectivity index (χ3n) is 3.94. The smallest absolute Gasteiger partial charge is 0.310 e. The van der Waals surface area contributed by atoms with Crippen LogP contribution < -0.4 is 11.1 Å². The molecule has 18 heavy (non-hydrogen) atoms. The quantitative estimate of drug-likeness (QED) is 0.614. The topological polar surface area (TPSA) is 92.4 Å². The number of carboxylic acid groups (broad SMARTS) is 1. The molecule has 0 aromatic heterocycles. The van der Waals surface area contributed by atoms with Crippen LogP contribution in [-0.2, 0) is 9.59 Å². The fourth-order valence-electron chi connectivity index (χ4n) is 2.26. The van der Waals surface area contributed by atoms with Gasteiger partial charge in [-0.1, -0.05) is 26.0 Å². The van der Waals surface area contributed by atoms with Crippen LogP contribution in [0.15, 0.2) is 12.2 Å². The Bertz CT molecular complexity index is 340. The first kappa shape index (κ1) is 14.7. The highest BCUT2D eigenvalue weighted by molar-refractivity contribution is 5.83. The lowest BCUT2D eigenvalue weighted by Gasteiger charge is -2.30. The van der Waals surface area contributed by atoms with E-state index >= 15 is 0 Å². The Morgan fingerprint density at radius 2 is 2.00 bits per heavy atom. The van der Waals surface area contributed by atoms with Gasteiger partial charge in [0.05, 0.1) is 11.3 Å². The lowest BCUT2D eigenvalue weighted by Crippen LogP contribution is -2.48. The van der Waals surface area contributed by atoms with E-state index in [-0.39, 0.29) is 11.9 Å². The van der Waals surface area contributed by atoms with Crippen molar-refractivity contribution < 1.29 is 14.7 Å². The first-order chi connectivity index (χ1) is 8.49. The van der Waals surface area contributed by atoms with Gasteiger partial charge in [0.2, 0.25) is 5.91 Å². The molecule has 1 amide bonds. The molecule has 0 fully saturated rings. The first-order valence-electron chi connectivity index (χ1n) is 6.41. The fourth-order valence-corrected chi connectivity index (χ4v) is 2.26. The molecule has 0 saturated carbocycles. The number of nitrogens with two attached hydrogens (primary N) is 1. The van der Waals surface area contributed by atoms with E-state index in [1.54, 1.807) is 12.2 Å². The average Bonchev–Trinajstić information content (AvgIpc) is 2.81. The molecule has 0 aliphatic heterocycles. The largest absolute Gasteiger partial charge is 0.481 e. The van der Waals surface area contributed by atoms with Crippen LogP contribution in [0.5, 0.6) is 0 Å². The highest BCUT2D eigenvalue weighted by Crippen LogP contribution is 2.26. The summed E-state index contributed by atoms with van der Waals surface area (Å²) in [6.07, 6.45) is 5.18. The maximum absolute atomic E-state index is 12.2. The Kier molecular flexibility index (Phi) is 4.90. The van der Waals surface area contributed by atoms with Gasteiger partial charge in [-0.05, 0) is 19.3 Å². The summed E-state index contributed by atoms with van der Waals surface area (Å²) in [6.45, 7) is 4.20. The fraction of sp³-hybridized carbons (Fsp3) is 0.692. The minimum atomic E-state index is -0.848. The zero-order valence-corrected chi connectivity index (χ0v) is 11.0. The Hall–Kier alpha value is -1.36. The van der Waals surface area contributed by atoms with Gasteiger partial charge in [0.15, 0.2) is 0 Å². The molecule has 0 aromatic carbocycles. The highest BCUT2D eigenvalue weighted by Gasteiger charge is 2.35. The maximum Gasteiger partial charge on any atom is 0.310 e. The molecule has 5 heteroatoms. The first-order valence-corrected chi connectivity index (χ1v) is 6.41. The number of hydrogen-bond acceptors (Lipinski definition) is 3. The predicted molar refractivity (Wildman–Crippen MR) is 68.9 cm³/mol. The van der Waals surface area contributed by atoms with Crippen molar-refractivity contribution in [2.75, 3.05) is 6.54 Å². The summed E-state index contributed by atoms with van der Waals surface area (Å²) in [5.74, 6) is -1.42. The molecule has 5 nitrogen and oxygen atoms in total. The number of hydrogen-bond donors (Lipinski definition) is 3. The van der Waals surface area contributed by atoms with Crippen molar-refractivity contribution in [3.8, 4) is 0 Å². The monoisotopic (exact) mass is 254 g/mol. The van der Waals surface area contributed by atoms with Crippen molar-refractivity contribution in [3.63, 3.8) is 0 Å². The number of nitrogens with one attached hydrogen (secondary N) is 1. The molecule has 0 heterocycles. The summed E-state index contributed by atoms with van der Waals surface area (Å²) in [6, 6.07) is -0.192. The second kappa shape index (κ2) is 6.00. The van der Waals surface area contributed by atoms with E-state index in [0.29, 0.717) is 25.8 Å². The van der Waals surface area contributed by atoms with Gasteiger partial charge in [0.25, 0.3) is 0 Å². The third-order valence-corrected chi connectivity index (χ3v) is 3.94. The van der Waals surface area contributed by atoms with E-state index in [1.165, 1.54) is 0 Å². The van der Waals surface area contributed by atoms with E-state index < -0.39 is 17.3 Å². The van der Waals surface area contributed by atoms with Gasteiger partial charge in [-0.2, -0.15) is 0 Å². The number of carboxylic acids is 1. The molecule has 0 spiro atoms. The van der Waals surface area contributed by atoms with Crippen molar-refractivity contribution in [1.82, 2.24) is 5.32 Å². The number of carbonyl (C=O) groups is 2. The van der Waals surface area contributed by atoms with E-state index in [9.17, 15) is 9.59 Å². The Labute approximate surface area is 107 Å². The molecule has 2 unspecified atom stereocenters. The van der Waals surface area contributed by atoms with Gasteiger partial charge >= 0.3 is 5.97 Å². The lowest BCUT2D eigenvalue weighted by atomic mass is 9.81. The van der Waals surface area contributed by atoms with Crippen LogP contribution in [-0.4, -0.2) is 29.6 Å². The van der Waals surface area contributed by atoms with Crippen molar-refractivity contribution >= 4 is 11.9 Å². The van der Waals surface area contributed by atoms with Crippen LogP contribution >= 0.6 is 0 Å². The van der Waals surface area contributed by atoms with Gasteiger partial charge < -0.3 is 16.2 Å². The SMILES string of the molecule is CCC(CC)(CN)C(=O)NC1C=CC(C(=O)O)C1. The van der Waals surface area contributed by atoms with Gasteiger partial charge in [-0.25, -0.2) is 0 Å². The Morgan fingerprint density at radius 1 is 1.39 bits per heavy atom. The average molecular weight is 254 g/mol.